The predicted octanol–water partition coefficient (Wildman–Crippen LogP) is 5.70. The van der Waals surface area contributed by atoms with Crippen molar-refractivity contribution >= 4 is 28.2 Å². The van der Waals surface area contributed by atoms with E-state index in [-0.39, 0.29) is 12.5 Å². The first kappa shape index (κ1) is 21.6. The lowest BCUT2D eigenvalue weighted by atomic mass is 10.1. The van der Waals surface area contributed by atoms with Crippen molar-refractivity contribution in [3.8, 4) is 16.2 Å². The van der Waals surface area contributed by atoms with Crippen LogP contribution < -0.4 is 10.1 Å². The van der Waals surface area contributed by atoms with Gasteiger partial charge in [-0.25, -0.2) is 4.79 Å². The van der Waals surface area contributed by atoms with Crippen LogP contribution in [0.15, 0.2) is 60.7 Å². The van der Waals surface area contributed by atoms with E-state index in [2.05, 4.69) is 5.32 Å². The van der Waals surface area contributed by atoms with Gasteiger partial charge in [0.05, 0.1) is 18.8 Å². The van der Waals surface area contributed by atoms with E-state index in [0.29, 0.717) is 30.0 Å². The number of para-hydroxylation sites is 1. The van der Waals surface area contributed by atoms with Crippen molar-refractivity contribution in [3.63, 3.8) is 0 Å². The van der Waals surface area contributed by atoms with E-state index in [4.69, 9.17) is 9.47 Å². The first-order valence-corrected chi connectivity index (χ1v) is 10.7. The molecule has 0 saturated carbocycles. The largest absolute Gasteiger partial charge is 0.493 e. The highest BCUT2D eigenvalue weighted by atomic mass is 32.1. The fraction of sp³-hybridized carbons (Fsp3) is 0.250. The van der Waals surface area contributed by atoms with E-state index in [0.717, 1.165) is 21.8 Å². The first-order chi connectivity index (χ1) is 14.6. The van der Waals surface area contributed by atoms with E-state index in [9.17, 15) is 9.59 Å². The number of carbonyl (C=O) groups excluding carboxylic acids is 2. The first-order valence-electron chi connectivity index (χ1n) is 9.93. The van der Waals surface area contributed by atoms with Gasteiger partial charge in [0, 0.05) is 11.3 Å². The number of nitrogens with one attached hydrogen (secondary N) is 1. The molecule has 0 aliphatic carbocycles. The van der Waals surface area contributed by atoms with Crippen LogP contribution in [0.25, 0.3) is 10.4 Å². The molecule has 156 valence electrons. The van der Waals surface area contributed by atoms with E-state index in [1.54, 1.807) is 13.0 Å². The molecule has 6 heteroatoms. The van der Waals surface area contributed by atoms with Crippen LogP contribution >= 0.6 is 11.3 Å². The molecule has 0 fully saturated rings. The van der Waals surface area contributed by atoms with Crippen LogP contribution in [0.2, 0.25) is 0 Å². The van der Waals surface area contributed by atoms with Crippen molar-refractivity contribution in [2.75, 3.05) is 18.5 Å². The van der Waals surface area contributed by atoms with Gasteiger partial charge in [-0.2, -0.15) is 0 Å². The van der Waals surface area contributed by atoms with Crippen LogP contribution in [0.3, 0.4) is 0 Å². The fourth-order valence-electron chi connectivity index (χ4n) is 2.91. The third kappa shape index (κ3) is 5.70. The number of anilines is 1. The highest BCUT2D eigenvalue weighted by Gasteiger charge is 2.19. The van der Waals surface area contributed by atoms with Crippen molar-refractivity contribution in [1.82, 2.24) is 0 Å². The molecular weight excluding hydrogens is 398 g/mol. The lowest BCUT2D eigenvalue weighted by Crippen LogP contribution is -2.14. The second-order valence-electron chi connectivity index (χ2n) is 6.71. The van der Waals surface area contributed by atoms with Gasteiger partial charge in [0.1, 0.15) is 10.8 Å². The van der Waals surface area contributed by atoms with Gasteiger partial charge in [-0.1, -0.05) is 48.5 Å². The summed E-state index contributed by atoms with van der Waals surface area (Å²) >= 11 is 1.37. The van der Waals surface area contributed by atoms with Crippen LogP contribution in [0.4, 0.5) is 5.00 Å². The molecular formula is C24H25NO4S. The summed E-state index contributed by atoms with van der Waals surface area (Å²) in [7, 11) is 0. The summed E-state index contributed by atoms with van der Waals surface area (Å²) in [5.41, 5.74) is 2.43. The van der Waals surface area contributed by atoms with Crippen LogP contribution in [-0.2, 0) is 9.53 Å². The SMILES string of the molecule is CCOC(=O)c1cc(-c2ccccc2)sc1NC(=O)CCCOc1ccccc1C. The zero-order chi connectivity index (χ0) is 21.3. The number of thiophene rings is 1. The molecule has 0 unspecified atom stereocenters. The third-order valence-electron chi connectivity index (χ3n) is 4.44. The zero-order valence-electron chi connectivity index (χ0n) is 17.1. The van der Waals surface area contributed by atoms with Crippen LogP contribution in [0.5, 0.6) is 5.75 Å². The summed E-state index contributed by atoms with van der Waals surface area (Å²) in [6.45, 7) is 4.47. The van der Waals surface area contributed by atoms with Crippen LogP contribution in [0.1, 0.15) is 35.7 Å². The van der Waals surface area contributed by atoms with Crippen molar-refractivity contribution in [2.45, 2.75) is 26.7 Å². The molecule has 1 aromatic heterocycles. The normalized spacial score (nSPS) is 10.5. The molecule has 0 aliphatic heterocycles. The molecule has 1 N–H and O–H groups in total. The number of aryl methyl sites for hydroxylation is 1. The Hall–Kier alpha value is -3.12. The molecule has 1 amide bonds. The Morgan fingerprint density at radius 1 is 1.03 bits per heavy atom. The molecule has 0 aliphatic rings. The minimum absolute atomic E-state index is 0.157. The van der Waals surface area contributed by atoms with Gasteiger partial charge in [-0.05, 0) is 43.5 Å². The van der Waals surface area contributed by atoms with E-state index in [1.165, 1.54) is 11.3 Å². The van der Waals surface area contributed by atoms with Gasteiger partial charge in [0.15, 0.2) is 0 Å². The summed E-state index contributed by atoms with van der Waals surface area (Å²) in [4.78, 5) is 25.7. The smallest absolute Gasteiger partial charge is 0.341 e. The lowest BCUT2D eigenvalue weighted by Gasteiger charge is -2.09. The molecule has 0 spiro atoms. The maximum Gasteiger partial charge on any atom is 0.341 e. The van der Waals surface area contributed by atoms with Crippen LogP contribution in [-0.4, -0.2) is 25.1 Å². The highest BCUT2D eigenvalue weighted by Crippen LogP contribution is 2.36. The average molecular weight is 424 g/mol. The molecule has 5 nitrogen and oxygen atoms in total. The van der Waals surface area contributed by atoms with Gasteiger partial charge in [-0.15, -0.1) is 11.3 Å². The van der Waals surface area contributed by atoms with Crippen LogP contribution in [0, 0.1) is 6.92 Å². The highest BCUT2D eigenvalue weighted by molar-refractivity contribution is 7.20. The Balaban J connectivity index is 1.62. The lowest BCUT2D eigenvalue weighted by molar-refractivity contribution is -0.116. The van der Waals surface area contributed by atoms with Crippen molar-refractivity contribution < 1.29 is 19.1 Å². The number of ether oxygens (including phenoxy) is 2. The molecule has 3 aromatic rings. The van der Waals surface area contributed by atoms with E-state index < -0.39 is 5.97 Å². The maximum absolute atomic E-state index is 12.5. The van der Waals surface area contributed by atoms with Gasteiger partial charge in [0.25, 0.3) is 0 Å². The summed E-state index contributed by atoms with van der Waals surface area (Å²) in [5, 5.41) is 3.38. The average Bonchev–Trinajstić information content (AvgIpc) is 3.17. The number of carbonyl (C=O) groups is 2. The topological polar surface area (TPSA) is 64.6 Å². The minimum atomic E-state index is -0.436. The summed E-state index contributed by atoms with van der Waals surface area (Å²) in [6, 6.07) is 19.3. The molecule has 30 heavy (non-hydrogen) atoms. The van der Waals surface area contributed by atoms with E-state index >= 15 is 0 Å². The van der Waals surface area contributed by atoms with Crippen molar-refractivity contribution in [1.29, 1.82) is 0 Å². The molecule has 0 radical (unpaired) electrons. The Labute approximate surface area is 180 Å². The molecule has 0 bridgehead atoms. The van der Waals surface area contributed by atoms with E-state index in [1.807, 2.05) is 61.5 Å². The molecule has 3 rings (SSSR count). The van der Waals surface area contributed by atoms with Crippen molar-refractivity contribution in [3.05, 3.63) is 71.8 Å². The third-order valence-corrected chi connectivity index (χ3v) is 5.54. The minimum Gasteiger partial charge on any atom is -0.493 e. The van der Waals surface area contributed by atoms with Gasteiger partial charge in [-0.3, -0.25) is 4.79 Å². The second kappa shape index (κ2) is 10.6. The van der Waals surface area contributed by atoms with Gasteiger partial charge in [0.2, 0.25) is 5.91 Å². The Morgan fingerprint density at radius 2 is 1.77 bits per heavy atom. The summed E-state index contributed by atoms with van der Waals surface area (Å²) in [5.74, 6) is 0.234. The predicted molar refractivity (Wildman–Crippen MR) is 120 cm³/mol. The molecule has 0 saturated heterocycles. The standard InChI is InChI=1S/C24H25NO4S/c1-3-28-24(27)19-16-21(18-11-5-4-6-12-18)30-23(19)25-22(26)14-9-15-29-20-13-8-7-10-17(20)2/h4-8,10-13,16H,3,9,14-15H2,1-2H3,(H,25,26). The molecule has 2 aromatic carbocycles. The van der Waals surface area contributed by atoms with Gasteiger partial charge >= 0.3 is 5.97 Å². The maximum atomic E-state index is 12.5. The Bertz CT molecular complexity index is 997. The zero-order valence-corrected chi connectivity index (χ0v) is 18.0. The monoisotopic (exact) mass is 423 g/mol. The number of amides is 1. The Kier molecular flexibility index (Phi) is 7.63. The summed E-state index contributed by atoms with van der Waals surface area (Å²) < 4.78 is 10.9. The van der Waals surface area contributed by atoms with Gasteiger partial charge < -0.3 is 14.8 Å². The molecule has 1 heterocycles. The number of hydrogen-bond donors (Lipinski definition) is 1. The Morgan fingerprint density at radius 3 is 2.50 bits per heavy atom. The fourth-order valence-corrected chi connectivity index (χ4v) is 3.98. The quantitative estimate of drug-likeness (QED) is 0.354. The number of rotatable bonds is 9. The van der Waals surface area contributed by atoms with Crippen molar-refractivity contribution in [2.24, 2.45) is 0 Å². The number of hydrogen-bond acceptors (Lipinski definition) is 5. The number of benzene rings is 2. The summed E-state index contributed by atoms with van der Waals surface area (Å²) in [6.07, 6.45) is 0.874. The second-order valence-corrected chi connectivity index (χ2v) is 7.76. The molecule has 0 atom stereocenters. The number of esters is 1.